The average Bonchev–Trinajstić information content (AvgIpc) is 2.55. The number of nitrogens with zero attached hydrogens (tertiary/aromatic N) is 1. The Balaban J connectivity index is 0.000000921. The molecule has 2 nitrogen and oxygen atoms in total. The van der Waals surface area contributed by atoms with E-state index in [1.54, 1.807) is 0 Å². The molecule has 0 saturated heterocycles. The van der Waals surface area contributed by atoms with Crippen LogP contribution < -0.4 is 0 Å². The van der Waals surface area contributed by atoms with Crippen LogP contribution in [-0.2, 0) is 0 Å². The molecule has 0 atom stereocenters. The Labute approximate surface area is 129 Å². The fourth-order valence-corrected chi connectivity index (χ4v) is 2.08. The molecule has 2 aromatic rings. The number of aryl methyl sites for hydroxylation is 2. The van der Waals surface area contributed by atoms with E-state index < -0.39 is 0 Å². The van der Waals surface area contributed by atoms with E-state index in [9.17, 15) is 4.79 Å². The number of rotatable bonds is 2. The molecule has 2 rings (SSSR count). The third kappa shape index (κ3) is 4.52. The first-order chi connectivity index (χ1) is 10.1. The summed E-state index contributed by atoms with van der Waals surface area (Å²) in [6, 6.07) is 9.98. The molecule has 1 aromatic heterocycles. The van der Waals surface area contributed by atoms with Gasteiger partial charge >= 0.3 is 0 Å². The van der Waals surface area contributed by atoms with Crippen molar-refractivity contribution in [2.45, 2.75) is 48.5 Å². The highest BCUT2D eigenvalue weighted by atomic mass is 16.1. The number of benzene rings is 1. The van der Waals surface area contributed by atoms with Gasteiger partial charge in [0.25, 0.3) is 0 Å². The number of hydrogen-bond acceptors (Lipinski definition) is 2. The number of carbonyl (C=O) groups is 1. The number of aldehydes is 1. The summed E-state index contributed by atoms with van der Waals surface area (Å²) in [5, 5.41) is 0. The first-order valence-electron chi connectivity index (χ1n) is 7.63. The van der Waals surface area contributed by atoms with Gasteiger partial charge in [0.05, 0.1) is 0 Å². The smallest absolute Gasteiger partial charge is 0.152 e. The van der Waals surface area contributed by atoms with Gasteiger partial charge in [-0.15, -0.1) is 0 Å². The molecule has 0 unspecified atom stereocenters. The molecule has 0 N–H and O–H groups in total. The Morgan fingerprint density at radius 1 is 0.857 bits per heavy atom. The lowest BCUT2D eigenvalue weighted by molar-refractivity contribution is 0.112. The standard InChI is InChI=1S/C15H15NO.2C2H6/c1-10-11(2)16-12(3)14(9-17)15(10)13-7-5-4-6-8-13;2*1-2/h4-9H,1-3H3;2*1-2H3. The zero-order valence-electron chi connectivity index (χ0n) is 14.3. The molecule has 2 heteroatoms. The fraction of sp³-hybridized carbons (Fsp3) is 0.368. The molecule has 1 aromatic carbocycles. The predicted octanol–water partition coefficient (Wildman–Crippen LogP) is 5.54. The zero-order valence-corrected chi connectivity index (χ0v) is 14.3. The van der Waals surface area contributed by atoms with Gasteiger partial charge in [-0.2, -0.15) is 0 Å². The van der Waals surface area contributed by atoms with Crippen LogP contribution in [0.25, 0.3) is 11.1 Å². The lowest BCUT2D eigenvalue weighted by Crippen LogP contribution is -2.01. The molecule has 0 fully saturated rings. The summed E-state index contributed by atoms with van der Waals surface area (Å²) in [4.78, 5) is 15.6. The molecule has 0 bridgehead atoms. The SMILES string of the molecule is CC.CC.Cc1nc(C)c(C=O)c(-c2ccccc2)c1C. The number of carbonyl (C=O) groups excluding carboxylic acids is 1. The van der Waals surface area contributed by atoms with Gasteiger partial charge in [0.1, 0.15) is 0 Å². The summed E-state index contributed by atoms with van der Waals surface area (Å²) in [5.74, 6) is 0. The number of pyridine rings is 1. The van der Waals surface area contributed by atoms with Gasteiger partial charge in [-0.3, -0.25) is 9.78 Å². The molecule has 0 aliphatic heterocycles. The van der Waals surface area contributed by atoms with Gasteiger partial charge in [0.2, 0.25) is 0 Å². The minimum absolute atomic E-state index is 0.694. The average molecular weight is 285 g/mol. The minimum Gasteiger partial charge on any atom is -0.298 e. The second-order valence-electron chi connectivity index (χ2n) is 4.18. The Hall–Kier alpha value is -1.96. The molecule has 0 amide bonds. The first-order valence-corrected chi connectivity index (χ1v) is 7.63. The Morgan fingerprint density at radius 3 is 1.86 bits per heavy atom. The number of aromatic nitrogens is 1. The van der Waals surface area contributed by atoms with Crippen molar-refractivity contribution in [2.24, 2.45) is 0 Å². The molecule has 1 heterocycles. The fourth-order valence-electron chi connectivity index (χ4n) is 2.08. The van der Waals surface area contributed by atoms with Crippen LogP contribution in [0.5, 0.6) is 0 Å². The molecule has 0 saturated carbocycles. The van der Waals surface area contributed by atoms with E-state index in [1.165, 1.54) is 0 Å². The van der Waals surface area contributed by atoms with E-state index in [4.69, 9.17) is 0 Å². The number of hydrogen-bond donors (Lipinski definition) is 0. The van der Waals surface area contributed by atoms with Crippen LogP contribution in [0.3, 0.4) is 0 Å². The van der Waals surface area contributed by atoms with Crippen molar-refractivity contribution in [1.29, 1.82) is 0 Å². The first kappa shape index (κ1) is 19.0. The maximum Gasteiger partial charge on any atom is 0.152 e. The monoisotopic (exact) mass is 285 g/mol. The summed E-state index contributed by atoms with van der Waals surface area (Å²) < 4.78 is 0. The van der Waals surface area contributed by atoms with Crippen LogP contribution in [0.1, 0.15) is 55.0 Å². The van der Waals surface area contributed by atoms with Crippen LogP contribution >= 0.6 is 0 Å². The quantitative estimate of drug-likeness (QED) is 0.678. The van der Waals surface area contributed by atoms with Gasteiger partial charge in [0.15, 0.2) is 6.29 Å². The van der Waals surface area contributed by atoms with Crippen molar-refractivity contribution in [1.82, 2.24) is 4.98 Å². The lowest BCUT2D eigenvalue weighted by atomic mass is 9.94. The van der Waals surface area contributed by atoms with Crippen molar-refractivity contribution in [3.05, 3.63) is 52.8 Å². The van der Waals surface area contributed by atoms with Gasteiger partial charge in [0, 0.05) is 17.0 Å². The summed E-state index contributed by atoms with van der Waals surface area (Å²) in [7, 11) is 0. The van der Waals surface area contributed by atoms with E-state index in [-0.39, 0.29) is 0 Å². The maximum absolute atomic E-state index is 11.2. The van der Waals surface area contributed by atoms with Crippen LogP contribution in [0.4, 0.5) is 0 Å². The zero-order chi connectivity index (χ0) is 16.4. The maximum atomic E-state index is 11.2. The van der Waals surface area contributed by atoms with Crippen LogP contribution in [-0.4, -0.2) is 11.3 Å². The normalized spacial score (nSPS) is 8.90. The molecule has 0 spiro atoms. The van der Waals surface area contributed by atoms with E-state index in [0.717, 1.165) is 34.4 Å². The second kappa shape index (κ2) is 9.87. The molecular formula is C19H27NO. The van der Waals surface area contributed by atoms with Crippen molar-refractivity contribution in [3.63, 3.8) is 0 Å². The molecule has 0 aliphatic rings. The molecule has 114 valence electrons. The van der Waals surface area contributed by atoms with Crippen molar-refractivity contribution >= 4 is 6.29 Å². The Morgan fingerprint density at radius 2 is 1.38 bits per heavy atom. The Kier molecular flexibility index (Phi) is 8.95. The largest absolute Gasteiger partial charge is 0.298 e. The minimum atomic E-state index is 0.694. The molecular weight excluding hydrogens is 258 g/mol. The van der Waals surface area contributed by atoms with Crippen LogP contribution in [0.15, 0.2) is 30.3 Å². The van der Waals surface area contributed by atoms with Crippen LogP contribution in [0, 0.1) is 20.8 Å². The molecule has 0 aliphatic carbocycles. The highest BCUT2D eigenvalue weighted by molar-refractivity contribution is 5.90. The highest BCUT2D eigenvalue weighted by Crippen LogP contribution is 2.29. The van der Waals surface area contributed by atoms with E-state index in [0.29, 0.717) is 5.56 Å². The predicted molar refractivity (Wildman–Crippen MR) is 92.0 cm³/mol. The highest BCUT2D eigenvalue weighted by Gasteiger charge is 2.13. The third-order valence-electron chi connectivity index (χ3n) is 3.09. The van der Waals surface area contributed by atoms with E-state index >= 15 is 0 Å². The second-order valence-corrected chi connectivity index (χ2v) is 4.18. The summed E-state index contributed by atoms with van der Waals surface area (Å²) in [6.07, 6.45) is 0.900. The van der Waals surface area contributed by atoms with Crippen molar-refractivity contribution in [3.8, 4) is 11.1 Å². The summed E-state index contributed by atoms with van der Waals surface area (Å²) in [6.45, 7) is 13.9. The van der Waals surface area contributed by atoms with E-state index in [1.807, 2.05) is 78.8 Å². The molecule has 0 radical (unpaired) electrons. The van der Waals surface area contributed by atoms with Gasteiger partial charge in [-0.25, -0.2) is 0 Å². The molecule has 21 heavy (non-hydrogen) atoms. The van der Waals surface area contributed by atoms with Gasteiger partial charge in [-0.1, -0.05) is 58.0 Å². The topological polar surface area (TPSA) is 30.0 Å². The summed E-state index contributed by atoms with van der Waals surface area (Å²) >= 11 is 0. The van der Waals surface area contributed by atoms with Crippen molar-refractivity contribution in [2.75, 3.05) is 0 Å². The Bertz CT molecular complexity index is 560. The summed E-state index contributed by atoms with van der Waals surface area (Å²) in [5.41, 5.74) is 5.61. The third-order valence-corrected chi connectivity index (χ3v) is 3.09. The van der Waals surface area contributed by atoms with Crippen molar-refractivity contribution < 1.29 is 4.79 Å². The van der Waals surface area contributed by atoms with Crippen LogP contribution in [0.2, 0.25) is 0 Å². The van der Waals surface area contributed by atoms with E-state index in [2.05, 4.69) is 4.98 Å². The van der Waals surface area contributed by atoms with Gasteiger partial charge < -0.3 is 0 Å². The lowest BCUT2D eigenvalue weighted by Gasteiger charge is -2.13. The van der Waals surface area contributed by atoms with Gasteiger partial charge in [-0.05, 0) is 37.5 Å².